The van der Waals surface area contributed by atoms with Crippen LogP contribution in [0.1, 0.15) is 42.5 Å². The van der Waals surface area contributed by atoms with Gasteiger partial charge in [-0.1, -0.05) is 65.1 Å². The van der Waals surface area contributed by atoms with E-state index < -0.39 is 0 Å². The lowest BCUT2D eigenvalue weighted by molar-refractivity contribution is -0.121. The third kappa shape index (κ3) is 4.97. The number of thioether (sulfide) groups is 1. The number of aromatic nitrogens is 2. The third-order valence-electron chi connectivity index (χ3n) is 5.04. The predicted octanol–water partition coefficient (Wildman–Crippen LogP) is 5.26. The number of aryl methyl sites for hydroxylation is 2. The van der Waals surface area contributed by atoms with Crippen LogP contribution in [0.2, 0.25) is 0 Å². The average molecular weight is 425 g/mol. The fourth-order valence-corrected chi connectivity index (χ4v) is 5.39. The SMILES string of the molecule is Cc1ccc(Nc2nnc(SC(C)C(=O)NC3CCCc4ccccc43)s2)cc1. The summed E-state index contributed by atoms with van der Waals surface area (Å²) in [4.78, 5) is 12.8. The Morgan fingerprint density at radius 3 is 2.79 bits per heavy atom. The van der Waals surface area contributed by atoms with Crippen LogP contribution < -0.4 is 10.6 Å². The van der Waals surface area contributed by atoms with Gasteiger partial charge in [0.2, 0.25) is 11.0 Å². The number of hydrogen-bond donors (Lipinski definition) is 2. The van der Waals surface area contributed by atoms with E-state index in [0.29, 0.717) is 0 Å². The lowest BCUT2D eigenvalue weighted by atomic mass is 9.88. The maximum atomic E-state index is 12.8. The highest BCUT2D eigenvalue weighted by Crippen LogP contribution is 2.32. The van der Waals surface area contributed by atoms with Gasteiger partial charge in [0, 0.05) is 5.69 Å². The molecule has 0 aliphatic heterocycles. The molecule has 0 saturated carbocycles. The van der Waals surface area contributed by atoms with Crippen LogP contribution in [0, 0.1) is 6.92 Å². The maximum Gasteiger partial charge on any atom is 0.233 e. The third-order valence-corrected chi connectivity index (χ3v) is 7.06. The predicted molar refractivity (Wildman–Crippen MR) is 120 cm³/mol. The van der Waals surface area contributed by atoms with Gasteiger partial charge in [-0.05, 0) is 56.4 Å². The van der Waals surface area contributed by atoms with Gasteiger partial charge in [-0.2, -0.15) is 0 Å². The van der Waals surface area contributed by atoms with Crippen molar-refractivity contribution in [3.63, 3.8) is 0 Å². The molecule has 1 aromatic heterocycles. The molecule has 2 N–H and O–H groups in total. The normalized spacial score (nSPS) is 16.7. The molecule has 2 unspecified atom stereocenters. The molecule has 4 rings (SSSR count). The molecule has 1 heterocycles. The zero-order valence-corrected chi connectivity index (χ0v) is 18.1. The van der Waals surface area contributed by atoms with Crippen LogP contribution in [-0.4, -0.2) is 21.4 Å². The van der Waals surface area contributed by atoms with Gasteiger partial charge in [-0.25, -0.2) is 0 Å². The standard InChI is InChI=1S/C22H24N4OS2/c1-14-10-12-17(13-11-14)23-21-25-26-22(29-21)28-15(2)20(27)24-19-9-5-7-16-6-3-4-8-18(16)19/h3-4,6,8,10-13,15,19H,5,7,9H2,1-2H3,(H,23,25)(H,24,27). The van der Waals surface area contributed by atoms with Crippen molar-refractivity contribution in [1.82, 2.24) is 15.5 Å². The minimum Gasteiger partial charge on any atom is -0.348 e. The van der Waals surface area contributed by atoms with Gasteiger partial charge in [0.15, 0.2) is 4.34 Å². The Balaban J connectivity index is 1.35. The van der Waals surface area contributed by atoms with E-state index in [2.05, 4.69) is 58.1 Å². The van der Waals surface area contributed by atoms with Crippen LogP contribution in [0.5, 0.6) is 0 Å². The van der Waals surface area contributed by atoms with E-state index in [0.717, 1.165) is 34.4 Å². The smallest absolute Gasteiger partial charge is 0.233 e. The van der Waals surface area contributed by atoms with Gasteiger partial charge in [0.1, 0.15) is 0 Å². The number of carbonyl (C=O) groups excluding carboxylic acids is 1. The summed E-state index contributed by atoms with van der Waals surface area (Å²) < 4.78 is 0.784. The van der Waals surface area contributed by atoms with Crippen molar-refractivity contribution < 1.29 is 4.79 Å². The molecule has 0 fully saturated rings. The molecule has 29 heavy (non-hydrogen) atoms. The zero-order chi connectivity index (χ0) is 20.2. The second-order valence-electron chi connectivity index (χ2n) is 7.28. The zero-order valence-electron chi connectivity index (χ0n) is 16.5. The van der Waals surface area contributed by atoms with E-state index in [4.69, 9.17) is 0 Å². The lowest BCUT2D eigenvalue weighted by Gasteiger charge is -2.27. The number of hydrogen-bond acceptors (Lipinski definition) is 6. The van der Waals surface area contributed by atoms with Crippen LogP contribution in [-0.2, 0) is 11.2 Å². The van der Waals surface area contributed by atoms with Crippen LogP contribution in [0.3, 0.4) is 0 Å². The molecule has 0 radical (unpaired) electrons. The summed E-state index contributed by atoms with van der Waals surface area (Å²) >= 11 is 2.91. The number of nitrogens with one attached hydrogen (secondary N) is 2. The monoisotopic (exact) mass is 424 g/mol. The van der Waals surface area contributed by atoms with Crippen molar-refractivity contribution in [2.45, 2.75) is 48.7 Å². The largest absolute Gasteiger partial charge is 0.348 e. The molecule has 0 bridgehead atoms. The van der Waals surface area contributed by atoms with Crippen molar-refractivity contribution in [3.8, 4) is 0 Å². The van der Waals surface area contributed by atoms with E-state index in [1.807, 2.05) is 25.1 Å². The first-order valence-corrected chi connectivity index (χ1v) is 11.5. The van der Waals surface area contributed by atoms with E-state index in [-0.39, 0.29) is 17.2 Å². The van der Waals surface area contributed by atoms with Crippen molar-refractivity contribution in [1.29, 1.82) is 0 Å². The van der Waals surface area contributed by atoms with Gasteiger partial charge in [-0.3, -0.25) is 4.79 Å². The summed E-state index contributed by atoms with van der Waals surface area (Å²) in [6, 6.07) is 16.6. The molecule has 150 valence electrons. The molecule has 7 heteroatoms. The van der Waals surface area contributed by atoms with Crippen LogP contribution in [0.15, 0.2) is 52.9 Å². The molecule has 2 atom stereocenters. The highest BCUT2D eigenvalue weighted by molar-refractivity contribution is 8.02. The second kappa shape index (κ2) is 8.97. The molecule has 0 spiro atoms. The number of rotatable bonds is 6. The van der Waals surface area contributed by atoms with Gasteiger partial charge >= 0.3 is 0 Å². The van der Waals surface area contributed by atoms with E-state index in [1.54, 1.807) is 0 Å². The molecule has 3 aromatic rings. The summed E-state index contributed by atoms with van der Waals surface area (Å²) in [5.74, 6) is 0.0416. The Kier molecular flexibility index (Phi) is 6.16. The molecule has 5 nitrogen and oxygen atoms in total. The van der Waals surface area contributed by atoms with Crippen LogP contribution >= 0.6 is 23.1 Å². The number of carbonyl (C=O) groups is 1. The Morgan fingerprint density at radius 2 is 1.97 bits per heavy atom. The molecule has 1 aliphatic rings. The van der Waals surface area contributed by atoms with Crippen molar-refractivity contribution in [2.75, 3.05) is 5.32 Å². The van der Waals surface area contributed by atoms with Crippen molar-refractivity contribution >= 4 is 39.8 Å². The number of benzene rings is 2. The first kappa shape index (κ1) is 19.9. The number of nitrogens with zero attached hydrogens (tertiary/aromatic N) is 2. The molecule has 1 amide bonds. The van der Waals surface area contributed by atoms with Gasteiger partial charge < -0.3 is 10.6 Å². The number of amides is 1. The highest BCUT2D eigenvalue weighted by atomic mass is 32.2. The minimum absolute atomic E-state index is 0.0416. The number of anilines is 2. The quantitative estimate of drug-likeness (QED) is 0.528. The summed E-state index contributed by atoms with van der Waals surface area (Å²) in [5, 5.41) is 15.4. The molecule has 0 saturated heterocycles. The van der Waals surface area contributed by atoms with E-state index in [9.17, 15) is 4.79 Å². The second-order valence-corrected chi connectivity index (χ2v) is 9.84. The highest BCUT2D eigenvalue weighted by Gasteiger charge is 2.24. The summed E-state index contributed by atoms with van der Waals surface area (Å²) in [6.45, 7) is 3.98. The minimum atomic E-state index is -0.232. The van der Waals surface area contributed by atoms with Crippen LogP contribution in [0.4, 0.5) is 10.8 Å². The maximum absolute atomic E-state index is 12.8. The molecule has 2 aromatic carbocycles. The topological polar surface area (TPSA) is 66.9 Å². The van der Waals surface area contributed by atoms with E-state index >= 15 is 0 Å². The molecular formula is C22H24N4OS2. The first-order chi connectivity index (χ1) is 14.1. The number of fused-ring (bicyclic) bond motifs is 1. The summed E-state index contributed by atoms with van der Waals surface area (Å²) in [5.41, 5.74) is 4.79. The fourth-order valence-electron chi connectivity index (χ4n) is 3.47. The Hall–Kier alpha value is -2.38. The summed E-state index contributed by atoms with van der Waals surface area (Å²) in [6.07, 6.45) is 3.19. The van der Waals surface area contributed by atoms with E-state index in [1.165, 1.54) is 39.8 Å². The lowest BCUT2D eigenvalue weighted by Crippen LogP contribution is -2.35. The van der Waals surface area contributed by atoms with Crippen molar-refractivity contribution in [3.05, 3.63) is 65.2 Å². The summed E-state index contributed by atoms with van der Waals surface area (Å²) in [7, 11) is 0. The Morgan fingerprint density at radius 1 is 1.17 bits per heavy atom. The van der Waals surface area contributed by atoms with Crippen molar-refractivity contribution in [2.24, 2.45) is 0 Å². The van der Waals surface area contributed by atoms with Gasteiger partial charge in [-0.15, -0.1) is 10.2 Å². The Bertz CT molecular complexity index is 986. The first-order valence-electron chi connectivity index (χ1n) is 9.80. The van der Waals surface area contributed by atoms with Crippen LogP contribution in [0.25, 0.3) is 0 Å². The molecular weight excluding hydrogens is 400 g/mol. The average Bonchev–Trinajstić information content (AvgIpc) is 3.16. The Labute approximate surface area is 179 Å². The molecule has 1 aliphatic carbocycles. The fraction of sp³-hybridized carbons (Fsp3) is 0.318. The van der Waals surface area contributed by atoms with Gasteiger partial charge in [0.25, 0.3) is 0 Å². The van der Waals surface area contributed by atoms with Gasteiger partial charge in [0.05, 0.1) is 11.3 Å².